The minimum Gasteiger partial charge on any atom is -0.497 e. The number of ether oxygens (including phenoxy) is 2. The number of benzene rings is 2. The second kappa shape index (κ2) is 7.01. The Hall–Kier alpha value is -2.76. The van der Waals surface area contributed by atoms with Crippen molar-refractivity contribution in [2.45, 2.75) is 18.3 Å². The molecule has 0 aliphatic heterocycles. The van der Waals surface area contributed by atoms with Gasteiger partial charge in [-0.25, -0.2) is 4.39 Å². The lowest BCUT2D eigenvalue weighted by Gasteiger charge is -2.15. The number of nitrogens with zero attached hydrogens (tertiary/aromatic N) is 1. The molecule has 5 nitrogen and oxygen atoms in total. The van der Waals surface area contributed by atoms with Crippen LogP contribution in [-0.4, -0.2) is 26.7 Å². The summed E-state index contributed by atoms with van der Waals surface area (Å²) in [6, 6.07) is 12.1. The average molecular weight is 343 g/mol. The smallest absolute Gasteiger partial charge is 0.193 e. The molecule has 0 atom stereocenters. The Kier molecular flexibility index (Phi) is 4.79. The molecular weight excluding hydrogens is 321 g/mol. The molecule has 0 aromatic heterocycles. The predicted octanol–water partition coefficient (Wildman–Crippen LogP) is 3.30. The van der Waals surface area contributed by atoms with Gasteiger partial charge in [-0.05, 0) is 42.7 Å². The number of hydrogen-bond donors (Lipinski definition) is 2. The highest BCUT2D eigenvalue weighted by Crippen LogP contribution is 2.48. The number of anilines is 1. The first-order chi connectivity index (χ1) is 12.1. The van der Waals surface area contributed by atoms with E-state index in [-0.39, 0.29) is 17.2 Å². The number of nitrogens with two attached hydrogens (primary N) is 1. The molecule has 0 spiro atoms. The van der Waals surface area contributed by atoms with Gasteiger partial charge in [0.25, 0.3) is 0 Å². The number of methoxy groups -OCH3 is 2. The number of rotatable bonds is 6. The maximum atomic E-state index is 13.5. The van der Waals surface area contributed by atoms with Crippen LogP contribution in [-0.2, 0) is 5.41 Å². The third-order valence-corrected chi connectivity index (χ3v) is 4.51. The van der Waals surface area contributed by atoms with Crippen LogP contribution < -0.4 is 20.5 Å². The Morgan fingerprint density at radius 2 is 2.00 bits per heavy atom. The highest BCUT2D eigenvalue weighted by molar-refractivity contribution is 5.94. The number of aliphatic imine (C=N–C) groups is 1. The molecule has 132 valence electrons. The van der Waals surface area contributed by atoms with Crippen LogP contribution in [0.4, 0.5) is 10.1 Å². The minimum absolute atomic E-state index is 0.104. The van der Waals surface area contributed by atoms with E-state index in [0.717, 1.165) is 18.4 Å². The summed E-state index contributed by atoms with van der Waals surface area (Å²) in [5.74, 6) is 1.40. The van der Waals surface area contributed by atoms with Crippen molar-refractivity contribution < 1.29 is 13.9 Å². The van der Waals surface area contributed by atoms with Gasteiger partial charge in [0.1, 0.15) is 17.3 Å². The van der Waals surface area contributed by atoms with Gasteiger partial charge in [-0.1, -0.05) is 12.1 Å². The van der Waals surface area contributed by atoms with Crippen LogP contribution >= 0.6 is 0 Å². The van der Waals surface area contributed by atoms with Gasteiger partial charge >= 0.3 is 0 Å². The highest BCUT2D eigenvalue weighted by atomic mass is 19.1. The van der Waals surface area contributed by atoms with Gasteiger partial charge < -0.3 is 20.5 Å². The molecule has 0 bridgehead atoms. The van der Waals surface area contributed by atoms with Crippen molar-refractivity contribution in [3.8, 4) is 11.5 Å². The number of halogens is 1. The van der Waals surface area contributed by atoms with Gasteiger partial charge in [-0.3, -0.25) is 4.99 Å². The molecule has 3 rings (SSSR count). The second-order valence-electron chi connectivity index (χ2n) is 6.18. The number of hydrogen-bond acceptors (Lipinski definition) is 3. The van der Waals surface area contributed by atoms with Gasteiger partial charge in [0.05, 0.1) is 26.5 Å². The SMILES string of the molecule is COc1ccc(OC)c(NC(N)=NCC2(c3cccc(F)c3)CC2)c1. The van der Waals surface area contributed by atoms with E-state index in [9.17, 15) is 4.39 Å². The topological polar surface area (TPSA) is 68.9 Å². The molecule has 0 heterocycles. The Bertz CT molecular complexity index is 788. The molecule has 25 heavy (non-hydrogen) atoms. The first-order valence-electron chi connectivity index (χ1n) is 8.11. The quantitative estimate of drug-likeness (QED) is 0.624. The zero-order valence-corrected chi connectivity index (χ0v) is 14.4. The molecule has 1 aliphatic carbocycles. The Morgan fingerprint density at radius 3 is 2.64 bits per heavy atom. The zero-order chi connectivity index (χ0) is 17.9. The molecule has 1 saturated carbocycles. The maximum Gasteiger partial charge on any atom is 0.193 e. The summed E-state index contributed by atoms with van der Waals surface area (Å²) in [7, 11) is 3.18. The van der Waals surface area contributed by atoms with E-state index in [2.05, 4.69) is 10.3 Å². The standard InChI is InChI=1S/C19H22FN3O2/c1-24-15-6-7-17(25-2)16(11-15)23-18(21)22-12-19(8-9-19)13-4-3-5-14(20)10-13/h3-7,10-11H,8-9,12H2,1-2H3,(H3,21,22,23). The number of guanidine groups is 1. The summed E-state index contributed by atoms with van der Waals surface area (Å²) in [6.45, 7) is 0.515. The molecule has 3 N–H and O–H groups in total. The lowest BCUT2D eigenvalue weighted by molar-refractivity contribution is 0.405. The van der Waals surface area contributed by atoms with Gasteiger partial charge in [0.15, 0.2) is 5.96 Å². The molecule has 1 fully saturated rings. The van der Waals surface area contributed by atoms with E-state index in [1.165, 1.54) is 6.07 Å². The summed E-state index contributed by atoms with van der Waals surface area (Å²) in [6.07, 6.45) is 1.96. The maximum absolute atomic E-state index is 13.5. The van der Waals surface area contributed by atoms with Gasteiger partial charge in [0, 0.05) is 11.5 Å². The molecule has 0 saturated heterocycles. The summed E-state index contributed by atoms with van der Waals surface area (Å²) in [5, 5.41) is 3.05. The fraction of sp³-hybridized carbons (Fsp3) is 0.316. The van der Waals surface area contributed by atoms with Crippen LogP contribution in [0.2, 0.25) is 0 Å². The zero-order valence-electron chi connectivity index (χ0n) is 14.4. The first kappa shape index (κ1) is 17.1. The largest absolute Gasteiger partial charge is 0.497 e. The fourth-order valence-corrected chi connectivity index (χ4v) is 2.83. The molecule has 1 aliphatic rings. The molecule has 2 aromatic rings. The Morgan fingerprint density at radius 1 is 1.20 bits per heavy atom. The average Bonchev–Trinajstić information content (AvgIpc) is 3.41. The highest BCUT2D eigenvalue weighted by Gasteiger charge is 2.44. The Labute approximate surface area is 146 Å². The van der Waals surface area contributed by atoms with Crippen LogP contribution in [0.5, 0.6) is 11.5 Å². The summed E-state index contributed by atoms with van der Waals surface area (Å²) in [5.41, 5.74) is 7.58. The van der Waals surface area contributed by atoms with E-state index in [4.69, 9.17) is 15.2 Å². The molecular formula is C19H22FN3O2. The van der Waals surface area contributed by atoms with E-state index in [1.54, 1.807) is 44.6 Å². The molecule has 0 radical (unpaired) electrons. The van der Waals surface area contributed by atoms with Crippen LogP contribution in [0, 0.1) is 5.82 Å². The summed E-state index contributed by atoms with van der Waals surface area (Å²) in [4.78, 5) is 4.46. The predicted molar refractivity (Wildman–Crippen MR) is 97.0 cm³/mol. The van der Waals surface area contributed by atoms with Gasteiger partial charge in [0.2, 0.25) is 0 Å². The second-order valence-corrected chi connectivity index (χ2v) is 6.18. The molecule has 2 aromatic carbocycles. The summed E-state index contributed by atoms with van der Waals surface area (Å²) < 4.78 is 24.0. The van der Waals surface area contributed by atoms with Crippen molar-refractivity contribution in [3.05, 3.63) is 53.8 Å². The van der Waals surface area contributed by atoms with Crippen LogP contribution in [0.15, 0.2) is 47.5 Å². The van der Waals surface area contributed by atoms with E-state index >= 15 is 0 Å². The summed E-state index contributed by atoms with van der Waals surface area (Å²) >= 11 is 0. The van der Waals surface area contributed by atoms with Crippen LogP contribution in [0.3, 0.4) is 0 Å². The van der Waals surface area contributed by atoms with Crippen molar-refractivity contribution in [2.75, 3.05) is 26.1 Å². The van der Waals surface area contributed by atoms with Crippen molar-refractivity contribution in [2.24, 2.45) is 10.7 Å². The van der Waals surface area contributed by atoms with E-state index < -0.39 is 0 Å². The van der Waals surface area contributed by atoms with Gasteiger partial charge in [-0.15, -0.1) is 0 Å². The van der Waals surface area contributed by atoms with Crippen molar-refractivity contribution in [1.29, 1.82) is 0 Å². The van der Waals surface area contributed by atoms with Crippen molar-refractivity contribution >= 4 is 11.6 Å². The lowest BCUT2D eigenvalue weighted by atomic mass is 9.96. The minimum atomic E-state index is -0.222. The molecule has 0 unspecified atom stereocenters. The fourth-order valence-electron chi connectivity index (χ4n) is 2.83. The van der Waals surface area contributed by atoms with Crippen molar-refractivity contribution in [3.63, 3.8) is 0 Å². The monoisotopic (exact) mass is 343 g/mol. The van der Waals surface area contributed by atoms with Crippen molar-refractivity contribution in [1.82, 2.24) is 0 Å². The molecule has 6 heteroatoms. The third-order valence-electron chi connectivity index (χ3n) is 4.51. The third kappa shape index (κ3) is 3.84. The van der Waals surface area contributed by atoms with Crippen LogP contribution in [0.25, 0.3) is 0 Å². The van der Waals surface area contributed by atoms with E-state index in [1.807, 2.05) is 6.07 Å². The van der Waals surface area contributed by atoms with E-state index in [0.29, 0.717) is 23.7 Å². The van der Waals surface area contributed by atoms with Gasteiger partial charge in [-0.2, -0.15) is 0 Å². The first-order valence-corrected chi connectivity index (χ1v) is 8.11. The lowest BCUT2D eigenvalue weighted by Crippen LogP contribution is -2.25. The normalized spacial score (nSPS) is 15.6. The van der Waals surface area contributed by atoms with Crippen LogP contribution in [0.1, 0.15) is 18.4 Å². The number of nitrogens with one attached hydrogen (secondary N) is 1. The molecule has 0 amide bonds. The Balaban J connectivity index is 1.73.